The van der Waals surface area contributed by atoms with Crippen LogP contribution in [0.5, 0.6) is 0 Å². The van der Waals surface area contributed by atoms with Gasteiger partial charge in [-0.05, 0) is 18.6 Å². The molecule has 0 fully saturated rings. The third kappa shape index (κ3) is 2.09. The molecule has 0 saturated carbocycles. The molecule has 3 N–H and O–H groups in total. The fourth-order valence-corrected chi connectivity index (χ4v) is 1.12. The van der Waals surface area contributed by atoms with E-state index in [2.05, 4.69) is 4.98 Å². The van der Waals surface area contributed by atoms with Crippen LogP contribution in [-0.4, -0.2) is 30.3 Å². The lowest BCUT2D eigenvalue weighted by atomic mass is 10.2. The average Bonchev–Trinajstić information content (AvgIpc) is 2.10. The van der Waals surface area contributed by atoms with Crippen molar-refractivity contribution < 1.29 is 5.11 Å². The summed E-state index contributed by atoms with van der Waals surface area (Å²) in [6.07, 6.45) is 1.72. The van der Waals surface area contributed by atoms with E-state index in [9.17, 15) is 0 Å². The minimum atomic E-state index is 0.103. The van der Waals surface area contributed by atoms with Crippen molar-refractivity contribution in [3.05, 3.63) is 17.8 Å². The third-order valence-electron chi connectivity index (χ3n) is 1.98. The molecular formula is C9H15N3O. The van der Waals surface area contributed by atoms with Crippen LogP contribution >= 0.6 is 0 Å². The standard InChI is InChI=1S/C9H15N3O/c1-7-3-4-11-9(8(7)10)12(2)5-6-13/h3-4,13H,5-6,10H2,1-2H3. The summed E-state index contributed by atoms with van der Waals surface area (Å²) in [6, 6.07) is 1.87. The van der Waals surface area contributed by atoms with Gasteiger partial charge < -0.3 is 15.7 Å². The van der Waals surface area contributed by atoms with Gasteiger partial charge in [-0.15, -0.1) is 0 Å². The average molecular weight is 181 g/mol. The highest BCUT2D eigenvalue weighted by Gasteiger charge is 2.07. The van der Waals surface area contributed by atoms with Crippen molar-refractivity contribution in [2.45, 2.75) is 6.92 Å². The first kappa shape index (κ1) is 9.80. The van der Waals surface area contributed by atoms with Crippen LogP contribution < -0.4 is 10.6 Å². The second-order valence-electron chi connectivity index (χ2n) is 3.01. The van der Waals surface area contributed by atoms with E-state index in [0.29, 0.717) is 12.2 Å². The van der Waals surface area contributed by atoms with E-state index in [1.807, 2.05) is 24.9 Å². The van der Waals surface area contributed by atoms with E-state index in [1.54, 1.807) is 6.20 Å². The highest BCUT2D eigenvalue weighted by molar-refractivity contribution is 5.65. The Hall–Kier alpha value is -1.29. The van der Waals surface area contributed by atoms with E-state index in [4.69, 9.17) is 10.8 Å². The molecule has 1 aromatic heterocycles. The normalized spacial score (nSPS) is 10.1. The minimum Gasteiger partial charge on any atom is -0.396 e. The number of aliphatic hydroxyl groups excluding tert-OH is 1. The van der Waals surface area contributed by atoms with Gasteiger partial charge in [0.15, 0.2) is 5.82 Å². The number of anilines is 2. The van der Waals surface area contributed by atoms with Gasteiger partial charge in [-0.1, -0.05) is 0 Å². The molecule has 0 atom stereocenters. The van der Waals surface area contributed by atoms with Crippen molar-refractivity contribution in [3.63, 3.8) is 0 Å². The van der Waals surface area contributed by atoms with Gasteiger partial charge in [0.2, 0.25) is 0 Å². The quantitative estimate of drug-likeness (QED) is 0.708. The van der Waals surface area contributed by atoms with E-state index in [-0.39, 0.29) is 6.61 Å². The Morgan fingerprint density at radius 1 is 1.62 bits per heavy atom. The fourth-order valence-electron chi connectivity index (χ4n) is 1.12. The molecule has 0 aliphatic carbocycles. The van der Waals surface area contributed by atoms with E-state index >= 15 is 0 Å². The fraction of sp³-hybridized carbons (Fsp3) is 0.444. The second kappa shape index (κ2) is 4.09. The Kier molecular flexibility index (Phi) is 3.08. The molecule has 13 heavy (non-hydrogen) atoms. The number of pyridine rings is 1. The summed E-state index contributed by atoms with van der Waals surface area (Å²) in [5, 5.41) is 8.75. The molecule has 0 saturated heterocycles. The van der Waals surface area contributed by atoms with Crippen LogP contribution in [0.4, 0.5) is 11.5 Å². The molecule has 0 spiro atoms. The summed E-state index contributed by atoms with van der Waals surface area (Å²) >= 11 is 0. The first-order chi connectivity index (χ1) is 6.16. The molecule has 1 aromatic rings. The third-order valence-corrected chi connectivity index (χ3v) is 1.98. The van der Waals surface area contributed by atoms with Crippen LogP contribution in [0.1, 0.15) is 5.56 Å². The van der Waals surface area contributed by atoms with Gasteiger partial charge in [0.05, 0.1) is 12.3 Å². The highest BCUT2D eigenvalue weighted by Crippen LogP contribution is 2.21. The first-order valence-electron chi connectivity index (χ1n) is 4.20. The van der Waals surface area contributed by atoms with Gasteiger partial charge in [-0.3, -0.25) is 0 Å². The maximum Gasteiger partial charge on any atom is 0.151 e. The number of hydrogen-bond donors (Lipinski definition) is 2. The Labute approximate surface area is 78.0 Å². The van der Waals surface area contributed by atoms with E-state index < -0.39 is 0 Å². The Morgan fingerprint density at radius 3 is 2.92 bits per heavy atom. The molecule has 0 aliphatic rings. The number of likely N-dealkylation sites (N-methyl/N-ethyl adjacent to an activating group) is 1. The number of hydrogen-bond acceptors (Lipinski definition) is 4. The molecule has 4 nitrogen and oxygen atoms in total. The predicted octanol–water partition coefficient (Wildman–Crippen LogP) is 0.401. The van der Waals surface area contributed by atoms with Gasteiger partial charge in [0.25, 0.3) is 0 Å². The molecular weight excluding hydrogens is 166 g/mol. The number of nitrogens with two attached hydrogens (primary N) is 1. The van der Waals surface area contributed by atoms with Crippen LogP contribution in [-0.2, 0) is 0 Å². The summed E-state index contributed by atoms with van der Waals surface area (Å²) in [5.74, 6) is 0.731. The number of rotatable bonds is 3. The summed E-state index contributed by atoms with van der Waals surface area (Å²) in [6.45, 7) is 2.58. The van der Waals surface area contributed by atoms with Crippen LogP contribution in [0.25, 0.3) is 0 Å². The Morgan fingerprint density at radius 2 is 2.31 bits per heavy atom. The first-order valence-corrected chi connectivity index (χ1v) is 4.20. The lowest BCUT2D eigenvalue weighted by Gasteiger charge is -2.19. The van der Waals surface area contributed by atoms with Gasteiger partial charge in [0.1, 0.15) is 0 Å². The molecule has 1 heterocycles. The highest BCUT2D eigenvalue weighted by atomic mass is 16.3. The van der Waals surface area contributed by atoms with Crippen molar-refractivity contribution >= 4 is 11.5 Å². The molecule has 0 amide bonds. The number of aryl methyl sites for hydroxylation is 1. The number of aromatic nitrogens is 1. The van der Waals surface area contributed by atoms with Crippen LogP contribution in [0, 0.1) is 6.92 Å². The molecule has 4 heteroatoms. The summed E-state index contributed by atoms with van der Waals surface area (Å²) < 4.78 is 0. The molecule has 0 bridgehead atoms. The van der Waals surface area contributed by atoms with Gasteiger partial charge in [-0.25, -0.2) is 4.98 Å². The van der Waals surface area contributed by atoms with Gasteiger partial charge >= 0.3 is 0 Å². The summed E-state index contributed by atoms with van der Waals surface area (Å²) in [7, 11) is 1.86. The monoisotopic (exact) mass is 181 g/mol. The molecule has 72 valence electrons. The second-order valence-corrected chi connectivity index (χ2v) is 3.01. The number of nitrogens with zero attached hydrogens (tertiary/aromatic N) is 2. The smallest absolute Gasteiger partial charge is 0.151 e. The largest absolute Gasteiger partial charge is 0.396 e. The SMILES string of the molecule is Cc1ccnc(N(C)CCO)c1N. The molecule has 0 radical (unpaired) electrons. The van der Waals surface area contributed by atoms with E-state index in [1.165, 1.54) is 0 Å². The zero-order valence-corrected chi connectivity index (χ0v) is 7.99. The predicted molar refractivity (Wildman–Crippen MR) is 53.7 cm³/mol. The van der Waals surface area contributed by atoms with Gasteiger partial charge in [-0.2, -0.15) is 0 Å². The Bertz CT molecular complexity index is 288. The van der Waals surface area contributed by atoms with Crippen LogP contribution in [0.2, 0.25) is 0 Å². The summed E-state index contributed by atoms with van der Waals surface area (Å²) in [4.78, 5) is 5.98. The number of nitrogen functional groups attached to an aromatic ring is 1. The Balaban J connectivity index is 2.93. The minimum absolute atomic E-state index is 0.103. The lowest BCUT2D eigenvalue weighted by molar-refractivity contribution is 0.304. The zero-order valence-electron chi connectivity index (χ0n) is 7.99. The maximum atomic E-state index is 8.75. The van der Waals surface area contributed by atoms with Crippen molar-refractivity contribution in [2.75, 3.05) is 30.8 Å². The molecule has 0 aliphatic heterocycles. The lowest BCUT2D eigenvalue weighted by Crippen LogP contribution is -2.23. The molecule has 0 aromatic carbocycles. The topological polar surface area (TPSA) is 62.4 Å². The molecule has 0 unspecified atom stereocenters. The van der Waals surface area contributed by atoms with Crippen molar-refractivity contribution in [3.8, 4) is 0 Å². The molecule has 1 rings (SSSR count). The van der Waals surface area contributed by atoms with E-state index in [0.717, 1.165) is 11.4 Å². The zero-order chi connectivity index (χ0) is 9.84. The maximum absolute atomic E-state index is 8.75. The van der Waals surface area contributed by atoms with Crippen molar-refractivity contribution in [1.29, 1.82) is 0 Å². The number of aliphatic hydroxyl groups is 1. The van der Waals surface area contributed by atoms with Crippen LogP contribution in [0.15, 0.2) is 12.3 Å². The van der Waals surface area contributed by atoms with Crippen molar-refractivity contribution in [1.82, 2.24) is 4.98 Å². The van der Waals surface area contributed by atoms with Crippen molar-refractivity contribution in [2.24, 2.45) is 0 Å². The van der Waals surface area contributed by atoms with Gasteiger partial charge in [0, 0.05) is 19.8 Å². The van der Waals surface area contributed by atoms with Crippen LogP contribution in [0.3, 0.4) is 0 Å². The summed E-state index contributed by atoms with van der Waals surface area (Å²) in [5.41, 5.74) is 7.52.